The van der Waals surface area contributed by atoms with Crippen molar-refractivity contribution in [1.82, 2.24) is 14.9 Å². The molecule has 2 N–H and O–H groups in total. The van der Waals surface area contributed by atoms with Gasteiger partial charge in [0, 0.05) is 37.3 Å². The third-order valence-electron chi connectivity index (χ3n) is 6.35. The van der Waals surface area contributed by atoms with E-state index in [0.29, 0.717) is 50.4 Å². The van der Waals surface area contributed by atoms with Crippen LogP contribution in [0, 0.1) is 19.3 Å². The lowest BCUT2D eigenvalue weighted by Gasteiger charge is -2.34. The van der Waals surface area contributed by atoms with Gasteiger partial charge in [-0.05, 0) is 62.8 Å². The van der Waals surface area contributed by atoms with E-state index in [1.165, 1.54) is 4.31 Å². The van der Waals surface area contributed by atoms with Crippen molar-refractivity contribution in [3.63, 3.8) is 0 Å². The van der Waals surface area contributed by atoms with E-state index in [-0.39, 0.29) is 11.9 Å². The van der Waals surface area contributed by atoms with Gasteiger partial charge in [-0.1, -0.05) is 32.1 Å². The first-order valence-corrected chi connectivity index (χ1v) is 13.1. The van der Waals surface area contributed by atoms with Gasteiger partial charge in [-0.2, -0.15) is 4.31 Å². The van der Waals surface area contributed by atoms with Crippen molar-refractivity contribution < 1.29 is 17.9 Å². The fourth-order valence-electron chi connectivity index (χ4n) is 4.05. The van der Waals surface area contributed by atoms with Gasteiger partial charge in [0.05, 0.1) is 11.5 Å². The van der Waals surface area contributed by atoms with Gasteiger partial charge < -0.3 is 15.4 Å². The van der Waals surface area contributed by atoms with Gasteiger partial charge in [0.15, 0.2) is 0 Å². The fraction of sp³-hybridized carbons (Fsp3) is 0.560. The summed E-state index contributed by atoms with van der Waals surface area (Å²) in [7, 11) is -3.49. The first kappa shape index (κ1) is 25.3. The molecule has 33 heavy (non-hydrogen) atoms. The van der Waals surface area contributed by atoms with Crippen LogP contribution in [0.5, 0.6) is 5.75 Å². The number of hydrogen-bond donors (Lipinski definition) is 2. The largest absolute Gasteiger partial charge is 0.493 e. The number of sulfonamides is 1. The first-order valence-electron chi connectivity index (χ1n) is 11.7. The highest BCUT2D eigenvalue weighted by molar-refractivity contribution is 7.93. The molecule has 0 unspecified atom stereocenters. The maximum Gasteiger partial charge on any atom is 0.244 e. The Morgan fingerprint density at radius 1 is 1.24 bits per heavy atom. The number of carbonyl (C=O) groups excluding carboxylic acids is 1. The third kappa shape index (κ3) is 6.60. The number of hydrogen-bond acceptors (Lipinski definition) is 5. The second-order valence-corrected chi connectivity index (χ2v) is 11.6. The smallest absolute Gasteiger partial charge is 0.244 e. The molecule has 1 saturated heterocycles. The Bertz CT molecular complexity index is 1010. The molecule has 2 aliphatic heterocycles. The van der Waals surface area contributed by atoms with E-state index in [1.807, 2.05) is 33.8 Å². The Balaban J connectivity index is 1.43. The van der Waals surface area contributed by atoms with Crippen LogP contribution in [0.2, 0.25) is 0 Å². The molecule has 0 aliphatic carbocycles. The van der Waals surface area contributed by atoms with Crippen molar-refractivity contribution in [3.8, 4) is 5.75 Å². The average Bonchev–Trinajstić information content (AvgIpc) is 2.80. The second kappa shape index (κ2) is 10.7. The number of allylic oxidation sites excluding steroid dienone is 1. The van der Waals surface area contributed by atoms with Crippen LogP contribution in [0.1, 0.15) is 50.7 Å². The average molecular weight is 476 g/mol. The second-order valence-electron chi connectivity index (χ2n) is 9.61. The molecule has 2 heterocycles. The van der Waals surface area contributed by atoms with Crippen LogP contribution in [-0.2, 0) is 14.8 Å². The standard InChI is InChI=1S/C25H37N3O4S/c1-19-8-9-20(2)23(17-19)32-16-6-12-25(3,4)24(29)27-21-10-14-28(15-11-21)33(30,31)22-7-5-13-26-18-22/h5,7-9,17-18,21,26H,6,10-16H2,1-4H3,(H,27,29). The number of nitrogens with zero attached hydrogens (tertiary/aromatic N) is 1. The Kier molecular flexibility index (Phi) is 8.23. The molecule has 182 valence electrons. The van der Waals surface area contributed by atoms with Crippen LogP contribution in [-0.4, -0.2) is 50.9 Å². The normalized spacial score (nSPS) is 17.9. The fourth-order valence-corrected chi connectivity index (χ4v) is 5.54. The molecular formula is C25H37N3O4S. The lowest BCUT2D eigenvalue weighted by Crippen LogP contribution is -2.49. The number of carbonyl (C=O) groups is 1. The van der Waals surface area contributed by atoms with E-state index in [4.69, 9.17) is 4.74 Å². The molecule has 1 fully saturated rings. The van der Waals surface area contributed by atoms with Crippen molar-refractivity contribution in [2.45, 2.75) is 59.4 Å². The number of nitrogens with one attached hydrogen (secondary N) is 2. The summed E-state index contributed by atoms with van der Waals surface area (Å²) in [5.74, 6) is 0.909. The summed E-state index contributed by atoms with van der Waals surface area (Å²) in [6.07, 6.45) is 7.71. The van der Waals surface area contributed by atoms with E-state index in [2.05, 4.69) is 22.8 Å². The summed E-state index contributed by atoms with van der Waals surface area (Å²) >= 11 is 0. The predicted octanol–water partition coefficient (Wildman–Crippen LogP) is 3.40. The van der Waals surface area contributed by atoms with Crippen LogP contribution >= 0.6 is 0 Å². The molecule has 0 atom stereocenters. The molecule has 0 bridgehead atoms. The molecule has 1 aromatic carbocycles. The number of benzene rings is 1. The highest BCUT2D eigenvalue weighted by Crippen LogP contribution is 2.26. The third-order valence-corrected chi connectivity index (χ3v) is 8.25. The SMILES string of the molecule is Cc1ccc(C)c(OCCCC(C)(C)C(=O)NC2CCN(S(=O)(=O)C3=CNCC=C3)CC2)c1. The van der Waals surface area contributed by atoms with Crippen LogP contribution < -0.4 is 15.4 Å². The Morgan fingerprint density at radius 2 is 1.97 bits per heavy atom. The maximum absolute atomic E-state index is 12.9. The summed E-state index contributed by atoms with van der Waals surface area (Å²) in [4.78, 5) is 13.2. The van der Waals surface area contributed by atoms with Crippen molar-refractivity contribution in [1.29, 1.82) is 0 Å². The molecule has 0 saturated carbocycles. The minimum absolute atomic E-state index is 0.0107. The predicted molar refractivity (Wildman–Crippen MR) is 131 cm³/mol. The van der Waals surface area contributed by atoms with Crippen LogP contribution in [0.25, 0.3) is 0 Å². The zero-order valence-corrected chi connectivity index (χ0v) is 21.0. The molecule has 3 rings (SSSR count). The van der Waals surface area contributed by atoms with E-state index >= 15 is 0 Å². The summed E-state index contributed by atoms with van der Waals surface area (Å²) in [6.45, 7) is 10.00. The highest BCUT2D eigenvalue weighted by atomic mass is 32.2. The highest BCUT2D eigenvalue weighted by Gasteiger charge is 2.33. The first-order chi connectivity index (χ1) is 15.6. The molecule has 1 aromatic rings. The molecule has 1 amide bonds. The molecule has 0 spiro atoms. The number of ether oxygens (including phenoxy) is 1. The van der Waals surface area contributed by atoms with E-state index in [0.717, 1.165) is 23.3 Å². The Morgan fingerprint density at radius 3 is 2.64 bits per heavy atom. The number of aryl methyl sites for hydroxylation is 2. The van der Waals surface area contributed by atoms with Crippen LogP contribution in [0.4, 0.5) is 0 Å². The monoisotopic (exact) mass is 475 g/mol. The van der Waals surface area contributed by atoms with E-state index in [1.54, 1.807) is 18.4 Å². The zero-order valence-electron chi connectivity index (χ0n) is 20.2. The quantitative estimate of drug-likeness (QED) is 0.535. The lowest BCUT2D eigenvalue weighted by atomic mass is 9.86. The number of dihydropyridines is 1. The van der Waals surface area contributed by atoms with Crippen molar-refractivity contribution in [2.75, 3.05) is 26.2 Å². The van der Waals surface area contributed by atoms with E-state index in [9.17, 15) is 13.2 Å². The van der Waals surface area contributed by atoms with Crippen molar-refractivity contribution in [2.24, 2.45) is 5.41 Å². The Labute approximate surface area is 198 Å². The summed E-state index contributed by atoms with van der Waals surface area (Å²) in [6, 6.07) is 6.15. The zero-order chi connectivity index (χ0) is 24.1. The number of rotatable bonds is 9. The van der Waals surface area contributed by atoms with Gasteiger partial charge >= 0.3 is 0 Å². The maximum atomic E-state index is 12.9. The summed E-state index contributed by atoms with van der Waals surface area (Å²) < 4.78 is 33.0. The minimum atomic E-state index is -3.49. The summed E-state index contributed by atoms with van der Waals surface area (Å²) in [5, 5.41) is 6.09. The topological polar surface area (TPSA) is 87.7 Å². The number of amides is 1. The van der Waals surface area contributed by atoms with Crippen LogP contribution in [0.15, 0.2) is 41.5 Å². The molecular weight excluding hydrogens is 438 g/mol. The van der Waals surface area contributed by atoms with E-state index < -0.39 is 15.4 Å². The van der Waals surface area contributed by atoms with Gasteiger partial charge in [-0.15, -0.1) is 0 Å². The Hall–Kier alpha value is -2.32. The van der Waals surface area contributed by atoms with Gasteiger partial charge in [0.25, 0.3) is 0 Å². The number of piperidine rings is 1. The van der Waals surface area contributed by atoms with Gasteiger partial charge in [-0.25, -0.2) is 8.42 Å². The van der Waals surface area contributed by atoms with Crippen molar-refractivity contribution >= 4 is 15.9 Å². The molecule has 7 nitrogen and oxygen atoms in total. The lowest BCUT2D eigenvalue weighted by molar-refractivity contribution is -0.130. The van der Waals surface area contributed by atoms with Gasteiger partial charge in [-0.3, -0.25) is 4.79 Å². The summed E-state index contributed by atoms with van der Waals surface area (Å²) in [5.41, 5.74) is 1.76. The van der Waals surface area contributed by atoms with Gasteiger partial charge in [0.1, 0.15) is 5.75 Å². The van der Waals surface area contributed by atoms with Crippen molar-refractivity contribution in [3.05, 3.63) is 52.6 Å². The van der Waals surface area contributed by atoms with Gasteiger partial charge in [0.2, 0.25) is 15.9 Å². The molecule has 8 heteroatoms. The molecule has 0 aromatic heterocycles. The molecule has 2 aliphatic rings. The molecule has 0 radical (unpaired) electrons. The minimum Gasteiger partial charge on any atom is -0.493 e. The van der Waals surface area contributed by atoms with Crippen LogP contribution in [0.3, 0.4) is 0 Å².